The summed E-state index contributed by atoms with van der Waals surface area (Å²) in [6.45, 7) is 2.26. The average Bonchev–Trinajstić information content (AvgIpc) is 3.57. The maximum atomic E-state index is 12.5. The van der Waals surface area contributed by atoms with Crippen LogP contribution in [0.15, 0.2) is 66.7 Å². The molecular formula is C25H24N2O3. The summed E-state index contributed by atoms with van der Waals surface area (Å²) in [6.07, 6.45) is 2.11. The van der Waals surface area contributed by atoms with Crippen molar-refractivity contribution in [1.82, 2.24) is 10.6 Å². The van der Waals surface area contributed by atoms with Crippen LogP contribution in [-0.2, 0) is 6.54 Å². The Morgan fingerprint density at radius 3 is 2.33 bits per heavy atom. The largest absolute Gasteiger partial charge is 0.508 e. The minimum absolute atomic E-state index is 0.0427. The number of rotatable bonds is 6. The number of hydrogen-bond donors (Lipinski definition) is 3. The fourth-order valence-electron chi connectivity index (χ4n) is 3.31. The Labute approximate surface area is 175 Å². The topological polar surface area (TPSA) is 78.4 Å². The van der Waals surface area contributed by atoms with Crippen LogP contribution in [0.5, 0.6) is 5.75 Å². The number of amides is 2. The van der Waals surface area contributed by atoms with E-state index >= 15 is 0 Å². The maximum Gasteiger partial charge on any atom is 0.251 e. The highest BCUT2D eigenvalue weighted by molar-refractivity contribution is 5.97. The maximum absolute atomic E-state index is 12.5. The fraction of sp³-hybridized carbons (Fsp3) is 0.200. The van der Waals surface area contributed by atoms with Gasteiger partial charge in [0.15, 0.2) is 0 Å². The van der Waals surface area contributed by atoms with E-state index in [-0.39, 0.29) is 24.1 Å². The van der Waals surface area contributed by atoms with Crippen LogP contribution in [-0.4, -0.2) is 23.0 Å². The van der Waals surface area contributed by atoms with E-state index in [2.05, 4.69) is 10.6 Å². The molecule has 0 spiro atoms. The molecule has 3 aromatic carbocycles. The standard InChI is InChI=1S/C25H24N2O3/c1-16-6-7-19(25(30)27-21-12-13-21)14-22(16)17-8-10-18(11-9-17)24(29)26-15-20-4-2-3-5-23(20)28/h2-11,14,21,28H,12-13,15H2,1H3,(H,26,29)(H,27,30). The highest BCUT2D eigenvalue weighted by atomic mass is 16.3. The van der Waals surface area contributed by atoms with Gasteiger partial charge in [-0.1, -0.05) is 36.4 Å². The van der Waals surface area contributed by atoms with Crippen LogP contribution in [0.3, 0.4) is 0 Å². The Morgan fingerprint density at radius 1 is 0.933 bits per heavy atom. The van der Waals surface area contributed by atoms with Crippen molar-refractivity contribution in [2.45, 2.75) is 32.4 Å². The molecule has 5 heteroatoms. The van der Waals surface area contributed by atoms with Crippen molar-refractivity contribution in [2.24, 2.45) is 0 Å². The summed E-state index contributed by atoms with van der Waals surface area (Å²) < 4.78 is 0. The molecule has 1 saturated carbocycles. The number of hydrogen-bond acceptors (Lipinski definition) is 3. The minimum Gasteiger partial charge on any atom is -0.508 e. The molecule has 0 saturated heterocycles. The van der Waals surface area contributed by atoms with Crippen molar-refractivity contribution >= 4 is 11.8 Å². The van der Waals surface area contributed by atoms with Crippen molar-refractivity contribution in [1.29, 1.82) is 0 Å². The number of aromatic hydroxyl groups is 1. The second-order valence-corrected chi connectivity index (χ2v) is 7.67. The van der Waals surface area contributed by atoms with E-state index in [1.165, 1.54) is 0 Å². The molecule has 3 aromatic rings. The molecule has 0 radical (unpaired) electrons. The number of carbonyl (C=O) groups excluding carboxylic acids is 2. The second kappa shape index (κ2) is 8.41. The third-order valence-electron chi connectivity index (χ3n) is 5.30. The molecule has 0 atom stereocenters. The zero-order valence-electron chi connectivity index (χ0n) is 16.8. The van der Waals surface area contributed by atoms with E-state index in [9.17, 15) is 14.7 Å². The van der Waals surface area contributed by atoms with Gasteiger partial charge in [0.1, 0.15) is 5.75 Å². The molecule has 1 fully saturated rings. The quantitative estimate of drug-likeness (QED) is 0.581. The predicted molar refractivity (Wildman–Crippen MR) is 116 cm³/mol. The van der Waals surface area contributed by atoms with Crippen LogP contribution in [0.1, 0.15) is 44.7 Å². The number of carbonyl (C=O) groups is 2. The minimum atomic E-state index is -0.209. The molecule has 0 bridgehead atoms. The molecule has 0 aliphatic heterocycles. The third kappa shape index (κ3) is 4.51. The van der Waals surface area contributed by atoms with Gasteiger partial charge in [0.2, 0.25) is 0 Å². The van der Waals surface area contributed by atoms with Crippen molar-refractivity contribution in [2.75, 3.05) is 0 Å². The third-order valence-corrected chi connectivity index (χ3v) is 5.30. The van der Waals surface area contributed by atoms with Gasteiger partial charge in [0, 0.05) is 29.3 Å². The van der Waals surface area contributed by atoms with Gasteiger partial charge in [-0.25, -0.2) is 0 Å². The summed E-state index contributed by atoms with van der Waals surface area (Å²) in [4.78, 5) is 24.8. The van der Waals surface area contributed by atoms with Crippen LogP contribution in [0.2, 0.25) is 0 Å². The number of phenols is 1. The molecule has 0 aromatic heterocycles. The van der Waals surface area contributed by atoms with Crippen LogP contribution in [0, 0.1) is 6.92 Å². The first kappa shape index (κ1) is 19.7. The summed E-state index contributed by atoms with van der Waals surface area (Å²) in [7, 11) is 0. The van der Waals surface area contributed by atoms with E-state index in [0.717, 1.165) is 29.5 Å². The lowest BCUT2D eigenvalue weighted by molar-refractivity contribution is 0.0942. The number of para-hydroxylation sites is 1. The van der Waals surface area contributed by atoms with Crippen molar-refractivity contribution in [3.8, 4) is 16.9 Å². The molecule has 30 heavy (non-hydrogen) atoms. The van der Waals surface area contributed by atoms with Crippen LogP contribution in [0.25, 0.3) is 11.1 Å². The molecule has 0 unspecified atom stereocenters. The van der Waals surface area contributed by atoms with Gasteiger partial charge in [0.05, 0.1) is 0 Å². The lowest BCUT2D eigenvalue weighted by Crippen LogP contribution is -2.25. The van der Waals surface area contributed by atoms with Crippen LogP contribution >= 0.6 is 0 Å². The highest BCUT2D eigenvalue weighted by Gasteiger charge is 2.24. The molecule has 2 amide bonds. The summed E-state index contributed by atoms with van der Waals surface area (Å²) in [5.41, 5.74) is 4.83. The normalized spacial score (nSPS) is 13.0. The van der Waals surface area contributed by atoms with E-state index in [4.69, 9.17) is 0 Å². The Hall–Kier alpha value is -3.60. The predicted octanol–water partition coefficient (Wildman–Crippen LogP) is 4.19. The van der Waals surface area contributed by atoms with E-state index in [1.54, 1.807) is 30.3 Å². The highest BCUT2D eigenvalue weighted by Crippen LogP contribution is 2.26. The fourth-order valence-corrected chi connectivity index (χ4v) is 3.31. The number of aryl methyl sites for hydroxylation is 1. The van der Waals surface area contributed by atoms with Gasteiger partial charge in [-0.2, -0.15) is 0 Å². The van der Waals surface area contributed by atoms with Gasteiger partial charge in [-0.05, 0) is 66.8 Å². The molecule has 4 rings (SSSR count). The van der Waals surface area contributed by atoms with Gasteiger partial charge >= 0.3 is 0 Å². The Kier molecular flexibility index (Phi) is 5.53. The Morgan fingerprint density at radius 2 is 1.63 bits per heavy atom. The molecule has 5 nitrogen and oxygen atoms in total. The van der Waals surface area contributed by atoms with Crippen LogP contribution < -0.4 is 10.6 Å². The van der Waals surface area contributed by atoms with Crippen molar-refractivity contribution in [3.63, 3.8) is 0 Å². The van der Waals surface area contributed by atoms with Crippen molar-refractivity contribution < 1.29 is 14.7 Å². The molecular weight excluding hydrogens is 376 g/mol. The lowest BCUT2D eigenvalue weighted by Gasteiger charge is -2.11. The summed E-state index contributed by atoms with van der Waals surface area (Å²) in [6, 6.07) is 20.3. The molecule has 0 heterocycles. The molecule has 1 aliphatic carbocycles. The first-order valence-electron chi connectivity index (χ1n) is 10.1. The van der Waals surface area contributed by atoms with E-state index in [0.29, 0.717) is 22.7 Å². The van der Waals surface area contributed by atoms with Gasteiger partial charge < -0.3 is 15.7 Å². The summed E-state index contributed by atoms with van der Waals surface area (Å²) >= 11 is 0. The number of benzene rings is 3. The molecule has 152 valence electrons. The Bertz CT molecular complexity index is 1090. The number of nitrogens with one attached hydrogen (secondary N) is 2. The zero-order valence-corrected chi connectivity index (χ0v) is 16.8. The van der Waals surface area contributed by atoms with Gasteiger partial charge in [-0.15, -0.1) is 0 Å². The first-order valence-corrected chi connectivity index (χ1v) is 10.1. The smallest absolute Gasteiger partial charge is 0.251 e. The SMILES string of the molecule is Cc1ccc(C(=O)NC2CC2)cc1-c1ccc(C(=O)NCc2ccccc2O)cc1. The molecule has 1 aliphatic rings. The Balaban J connectivity index is 1.47. The zero-order chi connectivity index (χ0) is 21.1. The summed E-state index contributed by atoms with van der Waals surface area (Å²) in [5, 5.41) is 15.7. The van der Waals surface area contributed by atoms with Crippen molar-refractivity contribution in [3.05, 3.63) is 89.0 Å². The van der Waals surface area contributed by atoms with Gasteiger partial charge in [0.25, 0.3) is 11.8 Å². The average molecular weight is 400 g/mol. The molecule has 3 N–H and O–H groups in total. The van der Waals surface area contributed by atoms with E-state index < -0.39 is 0 Å². The first-order chi connectivity index (χ1) is 14.5. The van der Waals surface area contributed by atoms with Gasteiger partial charge in [-0.3, -0.25) is 9.59 Å². The second-order valence-electron chi connectivity index (χ2n) is 7.67. The van der Waals surface area contributed by atoms with Crippen LogP contribution in [0.4, 0.5) is 0 Å². The lowest BCUT2D eigenvalue weighted by atomic mass is 9.97. The monoisotopic (exact) mass is 400 g/mol. The van der Waals surface area contributed by atoms with E-state index in [1.807, 2.05) is 43.3 Å². The number of phenolic OH excluding ortho intramolecular Hbond substituents is 1. The summed E-state index contributed by atoms with van der Waals surface area (Å²) in [5.74, 6) is -0.0905.